The van der Waals surface area contributed by atoms with E-state index >= 15 is 0 Å². The normalized spacial score (nSPS) is 45.6. The third-order valence-corrected chi connectivity index (χ3v) is 13.8. The van der Waals surface area contributed by atoms with E-state index in [-0.39, 0.29) is 48.6 Å². The van der Waals surface area contributed by atoms with Crippen molar-refractivity contribution in [3.63, 3.8) is 0 Å². The number of benzene rings is 1. The summed E-state index contributed by atoms with van der Waals surface area (Å²) in [4.78, 5) is 19.0. The predicted molar refractivity (Wildman–Crippen MR) is 214 cm³/mol. The number of likely N-dealkylation sites (tertiary alicyclic amines) is 1. The van der Waals surface area contributed by atoms with Crippen LogP contribution in [0.5, 0.6) is 0 Å². The van der Waals surface area contributed by atoms with Crippen molar-refractivity contribution in [1.82, 2.24) is 9.80 Å². The number of fused-ring (bicyclic) bond motifs is 2. The first-order chi connectivity index (χ1) is 26.3. The van der Waals surface area contributed by atoms with E-state index in [1.165, 1.54) is 5.56 Å². The molecule has 4 saturated heterocycles. The summed E-state index contributed by atoms with van der Waals surface area (Å²) in [5, 5.41) is 35.5. The van der Waals surface area contributed by atoms with Crippen molar-refractivity contribution < 1.29 is 48.5 Å². The van der Waals surface area contributed by atoms with E-state index in [1.807, 2.05) is 45.8 Å². The molecule has 2 bridgehead atoms. The highest BCUT2D eigenvalue weighted by atomic mass is 16.7. The SMILES string of the molecule is CO[C@]1(C)C[C@H](O[C@H]2[C@H](C)[C@@H](O[C@@H]3O[C@H](C)C[C@H](N(C)C)[C@H]3O)[C@@](C)(O)C[C@@H](C)C3[C@@H](C)[C@H](OC(=O)[C@@H]2C)[C@@H](C)N3CCCCc2ccccc2)O[C@@H](C)[C@@H]1O. The largest absolute Gasteiger partial charge is 0.460 e. The van der Waals surface area contributed by atoms with E-state index in [1.54, 1.807) is 27.9 Å². The van der Waals surface area contributed by atoms with E-state index in [0.29, 0.717) is 12.8 Å². The number of rotatable bonds is 11. The van der Waals surface area contributed by atoms with E-state index < -0.39 is 72.1 Å². The zero-order chi connectivity index (χ0) is 41.3. The highest BCUT2D eigenvalue weighted by molar-refractivity contribution is 5.73. The van der Waals surface area contributed by atoms with Crippen molar-refractivity contribution in [3.05, 3.63) is 35.9 Å². The minimum Gasteiger partial charge on any atom is -0.460 e. The van der Waals surface area contributed by atoms with Gasteiger partial charge in [0.05, 0.1) is 41.5 Å². The van der Waals surface area contributed by atoms with E-state index in [2.05, 4.69) is 49.9 Å². The number of esters is 1. The second-order valence-corrected chi connectivity index (χ2v) is 18.5. The fourth-order valence-corrected chi connectivity index (χ4v) is 10.6. The molecule has 0 amide bonds. The molecule has 1 aromatic carbocycles. The van der Waals surface area contributed by atoms with Gasteiger partial charge in [0.15, 0.2) is 12.6 Å². The molecule has 1 aromatic rings. The molecule has 56 heavy (non-hydrogen) atoms. The Morgan fingerprint density at radius 2 is 1.61 bits per heavy atom. The van der Waals surface area contributed by atoms with Gasteiger partial charge in [0.1, 0.15) is 18.3 Å². The monoisotopic (exact) mass is 791 g/mol. The molecule has 0 aliphatic carbocycles. The van der Waals surface area contributed by atoms with Gasteiger partial charge in [0.2, 0.25) is 0 Å². The van der Waals surface area contributed by atoms with Crippen LogP contribution in [0, 0.1) is 23.7 Å². The molecule has 4 aliphatic heterocycles. The van der Waals surface area contributed by atoms with Crippen LogP contribution in [-0.4, -0.2) is 143 Å². The zero-order valence-corrected chi connectivity index (χ0v) is 36.2. The number of aryl methyl sites for hydroxylation is 1. The molecular weight excluding hydrogens is 716 g/mol. The van der Waals surface area contributed by atoms with Crippen LogP contribution in [0.15, 0.2) is 30.3 Å². The van der Waals surface area contributed by atoms with E-state index in [9.17, 15) is 20.1 Å². The predicted octanol–water partition coefficient (Wildman–Crippen LogP) is 4.79. The summed E-state index contributed by atoms with van der Waals surface area (Å²) in [7, 11) is 5.41. The Kier molecular flexibility index (Phi) is 15.1. The van der Waals surface area contributed by atoms with Crippen LogP contribution in [0.25, 0.3) is 0 Å². The molecule has 12 heteroatoms. The van der Waals surface area contributed by atoms with Gasteiger partial charge < -0.3 is 48.6 Å². The summed E-state index contributed by atoms with van der Waals surface area (Å²) in [6, 6.07) is 10.3. The summed E-state index contributed by atoms with van der Waals surface area (Å²) in [5.41, 5.74) is -1.08. The van der Waals surface area contributed by atoms with Gasteiger partial charge in [0, 0.05) is 43.5 Å². The zero-order valence-electron chi connectivity index (χ0n) is 36.2. The van der Waals surface area contributed by atoms with Crippen LogP contribution >= 0.6 is 0 Å². The number of unbranched alkanes of at least 4 members (excludes halogenated alkanes) is 1. The molecule has 4 fully saturated rings. The van der Waals surface area contributed by atoms with Crippen LogP contribution in [0.3, 0.4) is 0 Å². The lowest BCUT2D eigenvalue weighted by molar-refractivity contribution is -0.318. The number of ether oxygens (including phenoxy) is 6. The maximum absolute atomic E-state index is 14.5. The van der Waals surface area contributed by atoms with Gasteiger partial charge in [-0.05, 0) is 106 Å². The van der Waals surface area contributed by atoms with Crippen LogP contribution < -0.4 is 0 Å². The second kappa shape index (κ2) is 18.7. The van der Waals surface area contributed by atoms with Crippen molar-refractivity contribution >= 4 is 5.97 Å². The quantitative estimate of drug-likeness (QED) is 0.210. The summed E-state index contributed by atoms with van der Waals surface area (Å²) in [6.07, 6.45) is -2.49. The van der Waals surface area contributed by atoms with Crippen molar-refractivity contribution in [3.8, 4) is 0 Å². The van der Waals surface area contributed by atoms with Crippen molar-refractivity contribution in [2.75, 3.05) is 27.7 Å². The van der Waals surface area contributed by atoms with Crippen LogP contribution in [0.4, 0.5) is 0 Å². The van der Waals surface area contributed by atoms with Gasteiger partial charge in [-0.2, -0.15) is 0 Å². The van der Waals surface area contributed by atoms with Gasteiger partial charge in [-0.25, -0.2) is 0 Å². The Labute approximate surface area is 336 Å². The number of likely N-dealkylation sites (N-methyl/N-ethyl adjacent to an activating group) is 1. The average molecular weight is 791 g/mol. The fourth-order valence-electron chi connectivity index (χ4n) is 10.6. The smallest absolute Gasteiger partial charge is 0.311 e. The Hall–Kier alpha value is -1.71. The Morgan fingerprint density at radius 1 is 0.929 bits per heavy atom. The summed E-state index contributed by atoms with van der Waals surface area (Å²) in [6.45, 7) is 18.4. The van der Waals surface area contributed by atoms with E-state index in [4.69, 9.17) is 28.4 Å². The molecule has 5 rings (SSSR count). The first kappa shape index (κ1) is 45.4. The first-order valence-corrected chi connectivity index (χ1v) is 21.2. The lowest BCUT2D eigenvalue weighted by atomic mass is 9.75. The number of carbonyl (C=O) groups is 1. The van der Waals surface area contributed by atoms with Crippen molar-refractivity contribution in [2.45, 2.75) is 185 Å². The molecule has 320 valence electrons. The average Bonchev–Trinajstić information content (AvgIpc) is 3.37. The molecule has 4 heterocycles. The summed E-state index contributed by atoms with van der Waals surface area (Å²) >= 11 is 0. The van der Waals surface area contributed by atoms with Crippen molar-refractivity contribution in [1.29, 1.82) is 0 Å². The molecule has 3 N–H and O–H groups in total. The molecule has 0 aromatic heterocycles. The molecule has 0 radical (unpaired) electrons. The Balaban J connectivity index is 1.50. The molecule has 0 saturated carbocycles. The highest BCUT2D eigenvalue weighted by Gasteiger charge is 2.55. The van der Waals surface area contributed by atoms with Gasteiger partial charge in [-0.1, -0.05) is 51.1 Å². The number of hydrogen-bond donors (Lipinski definition) is 3. The molecule has 18 atom stereocenters. The van der Waals surface area contributed by atoms with Gasteiger partial charge in [0.25, 0.3) is 0 Å². The van der Waals surface area contributed by atoms with Gasteiger partial charge in [-0.15, -0.1) is 0 Å². The lowest BCUT2D eigenvalue weighted by Gasteiger charge is -2.49. The number of hydrogen-bond acceptors (Lipinski definition) is 12. The lowest BCUT2D eigenvalue weighted by Crippen LogP contribution is -2.60. The van der Waals surface area contributed by atoms with Gasteiger partial charge >= 0.3 is 5.97 Å². The fraction of sp³-hybridized carbons (Fsp3) is 0.841. The highest BCUT2D eigenvalue weighted by Crippen LogP contribution is 2.44. The maximum atomic E-state index is 14.5. The Bertz CT molecular complexity index is 1400. The minimum atomic E-state index is -1.45. The topological polar surface area (TPSA) is 140 Å². The van der Waals surface area contributed by atoms with Crippen LogP contribution in [0.1, 0.15) is 100.0 Å². The number of carbonyl (C=O) groups excluding carboxylic acids is 1. The molecule has 1 unspecified atom stereocenters. The second-order valence-electron chi connectivity index (χ2n) is 18.5. The molecule has 4 aliphatic rings. The third-order valence-electron chi connectivity index (χ3n) is 13.8. The maximum Gasteiger partial charge on any atom is 0.311 e. The van der Waals surface area contributed by atoms with Crippen molar-refractivity contribution in [2.24, 2.45) is 23.7 Å². The molecule has 0 spiro atoms. The van der Waals surface area contributed by atoms with E-state index in [0.717, 1.165) is 25.8 Å². The standard InChI is InChI=1S/C44H74N2O10/c1-25-23-43(8,50)40(56-42-36(47)33(45(10)11)22-26(2)52-42)28(4)37(54-34-24-44(9,51-12)39(48)31(7)53-34)29(5)41(49)55-38-27(3)35(25)46(30(38)6)21-17-16-20-32-18-14-13-15-19-32/h13-15,18-19,25-31,33-40,42,47-48,50H,16-17,20-24H2,1-12H3/t25-,26-,27-,28+,29-,30-,31+,33+,34+,35?,36-,37+,38+,39+,40-,42+,43+,44-/m1/s1. The van der Waals surface area contributed by atoms with Crippen LogP contribution in [0.2, 0.25) is 0 Å². The van der Waals surface area contributed by atoms with Crippen LogP contribution in [-0.2, 0) is 39.6 Å². The number of nitrogens with zero attached hydrogens (tertiary/aromatic N) is 2. The number of aliphatic hydroxyl groups excluding tert-OH is 2. The van der Waals surface area contributed by atoms with Gasteiger partial charge in [-0.3, -0.25) is 9.69 Å². The third kappa shape index (κ3) is 9.83. The summed E-state index contributed by atoms with van der Waals surface area (Å²) < 4.78 is 38.5. The minimum absolute atomic E-state index is 0.00622. The summed E-state index contributed by atoms with van der Waals surface area (Å²) in [5.74, 6) is -1.84. The number of methoxy groups -OCH3 is 1. The molecular formula is C44H74N2O10. The first-order valence-electron chi connectivity index (χ1n) is 21.2. The number of aliphatic hydroxyl groups is 3. The molecule has 12 nitrogen and oxygen atoms in total. The Morgan fingerprint density at radius 3 is 2.25 bits per heavy atom.